The molecule has 2 heteroatoms. The Labute approximate surface area is 158 Å². The summed E-state index contributed by atoms with van der Waals surface area (Å²) >= 11 is 0. The Bertz CT molecular complexity index is 684. The fourth-order valence-electron chi connectivity index (χ4n) is 7.18. The van der Waals surface area contributed by atoms with Gasteiger partial charge >= 0.3 is 5.97 Å². The fourth-order valence-corrected chi connectivity index (χ4v) is 7.18. The minimum Gasteiger partial charge on any atom is -0.481 e. The van der Waals surface area contributed by atoms with Gasteiger partial charge in [0, 0.05) is 11.8 Å². The van der Waals surface area contributed by atoms with Crippen LogP contribution in [-0.4, -0.2) is 11.1 Å². The van der Waals surface area contributed by atoms with E-state index in [1.165, 1.54) is 32.1 Å². The van der Waals surface area contributed by atoms with Crippen molar-refractivity contribution in [2.24, 2.45) is 34.5 Å². The van der Waals surface area contributed by atoms with Crippen molar-refractivity contribution in [3.05, 3.63) is 35.5 Å². The number of rotatable bonds is 4. The molecule has 4 aliphatic carbocycles. The normalized spacial score (nSPS) is 42.2. The van der Waals surface area contributed by atoms with Gasteiger partial charge in [-0.15, -0.1) is 0 Å². The van der Waals surface area contributed by atoms with Gasteiger partial charge < -0.3 is 5.11 Å². The molecule has 0 amide bonds. The highest BCUT2D eigenvalue weighted by Crippen LogP contribution is 2.65. The lowest BCUT2D eigenvalue weighted by molar-refractivity contribution is -0.137. The van der Waals surface area contributed by atoms with Gasteiger partial charge in [-0.25, -0.2) is 0 Å². The van der Waals surface area contributed by atoms with E-state index in [0.717, 1.165) is 24.7 Å². The maximum atomic E-state index is 11.0. The van der Waals surface area contributed by atoms with Crippen LogP contribution in [0.5, 0.6) is 0 Å². The Morgan fingerprint density at radius 3 is 2.85 bits per heavy atom. The zero-order valence-corrected chi connectivity index (χ0v) is 16.6. The van der Waals surface area contributed by atoms with Gasteiger partial charge in [0.2, 0.25) is 0 Å². The summed E-state index contributed by atoms with van der Waals surface area (Å²) in [6.07, 6.45) is 18.5. The van der Waals surface area contributed by atoms with E-state index in [9.17, 15) is 4.79 Å². The zero-order chi connectivity index (χ0) is 18.5. The summed E-state index contributed by atoms with van der Waals surface area (Å²) in [6, 6.07) is 0. The highest BCUT2D eigenvalue weighted by Gasteiger charge is 2.55. The summed E-state index contributed by atoms with van der Waals surface area (Å²) in [5.41, 5.74) is 3.89. The van der Waals surface area contributed by atoms with E-state index < -0.39 is 5.97 Å². The molecule has 1 N–H and O–H groups in total. The van der Waals surface area contributed by atoms with E-state index in [1.807, 2.05) is 0 Å². The minimum absolute atomic E-state index is 0.176. The molecule has 2 nitrogen and oxygen atoms in total. The van der Waals surface area contributed by atoms with Crippen LogP contribution in [0.15, 0.2) is 35.5 Å². The second-order valence-corrected chi connectivity index (χ2v) is 9.78. The van der Waals surface area contributed by atoms with Gasteiger partial charge in [0.15, 0.2) is 0 Å². The smallest absolute Gasteiger partial charge is 0.303 e. The third-order valence-electron chi connectivity index (χ3n) is 8.57. The first-order valence-corrected chi connectivity index (χ1v) is 10.7. The number of aliphatic carboxylic acids is 1. The van der Waals surface area contributed by atoms with E-state index in [-0.39, 0.29) is 5.41 Å². The van der Waals surface area contributed by atoms with Crippen molar-refractivity contribution in [3.63, 3.8) is 0 Å². The molecular weight excluding hydrogens is 320 g/mol. The molecule has 0 radical (unpaired) electrons. The Morgan fingerprint density at radius 1 is 1.27 bits per heavy atom. The number of carboxylic acids is 1. The van der Waals surface area contributed by atoms with Crippen LogP contribution in [-0.2, 0) is 4.79 Å². The number of fused-ring (bicyclic) bond motifs is 5. The summed E-state index contributed by atoms with van der Waals surface area (Å²) in [5.74, 6) is 2.06. The van der Waals surface area contributed by atoms with Crippen molar-refractivity contribution in [1.82, 2.24) is 0 Å². The predicted octanol–water partition coefficient (Wildman–Crippen LogP) is 6.15. The number of hydrogen-bond donors (Lipinski definition) is 1. The van der Waals surface area contributed by atoms with E-state index in [4.69, 9.17) is 5.11 Å². The van der Waals surface area contributed by atoms with Crippen LogP contribution in [0.1, 0.15) is 72.1 Å². The van der Waals surface area contributed by atoms with Crippen LogP contribution in [0.3, 0.4) is 0 Å². The Kier molecular flexibility index (Phi) is 4.44. The summed E-state index contributed by atoms with van der Waals surface area (Å²) in [7, 11) is 0. The summed E-state index contributed by atoms with van der Waals surface area (Å²) in [6.45, 7) is 7.26. The Hall–Kier alpha value is -1.31. The molecule has 4 aliphatic rings. The average Bonchev–Trinajstić information content (AvgIpc) is 2.96. The van der Waals surface area contributed by atoms with Crippen LogP contribution in [0, 0.1) is 34.5 Å². The molecule has 0 spiro atoms. The maximum Gasteiger partial charge on any atom is 0.303 e. The summed E-state index contributed by atoms with van der Waals surface area (Å²) < 4.78 is 0. The van der Waals surface area contributed by atoms with Gasteiger partial charge in [0.25, 0.3) is 0 Å². The molecule has 4 rings (SSSR count). The van der Waals surface area contributed by atoms with Crippen molar-refractivity contribution in [3.8, 4) is 0 Å². The molecule has 2 fully saturated rings. The lowest BCUT2D eigenvalue weighted by atomic mass is 9.51. The quantitative estimate of drug-likeness (QED) is 0.615. The first-order valence-electron chi connectivity index (χ1n) is 10.7. The van der Waals surface area contributed by atoms with E-state index in [1.54, 1.807) is 11.1 Å². The van der Waals surface area contributed by atoms with Crippen LogP contribution in [0.2, 0.25) is 0 Å². The summed E-state index contributed by atoms with van der Waals surface area (Å²) in [5, 5.41) is 9.07. The second kappa shape index (κ2) is 6.39. The standard InChI is InChI=1S/C24H34O2/c1-16(7-12-22(25)26)19-10-11-20-18-9-8-17-6-4-5-14-23(17,2)21(18)13-15-24(19,20)3/h5-6,13-14,16,18-20H,4,7-12,15H2,1-3H3,(H,25,26)/t16-,18+,19-,20+,23+,24-/m1/s1. The third-order valence-corrected chi connectivity index (χ3v) is 8.57. The monoisotopic (exact) mass is 354 g/mol. The molecule has 2 saturated carbocycles. The van der Waals surface area contributed by atoms with Gasteiger partial charge in [0.1, 0.15) is 0 Å². The van der Waals surface area contributed by atoms with Crippen molar-refractivity contribution in [1.29, 1.82) is 0 Å². The highest BCUT2D eigenvalue weighted by molar-refractivity contribution is 5.66. The lowest BCUT2D eigenvalue weighted by Crippen LogP contribution is -2.44. The van der Waals surface area contributed by atoms with Gasteiger partial charge in [-0.05, 0) is 81.0 Å². The first kappa shape index (κ1) is 18.1. The molecule has 0 heterocycles. The van der Waals surface area contributed by atoms with Crippen LogP contribution in [0.4, 0.5) is 0 Å². The molecule has 0 bridgehead atoms. The molecule has 0 aliphatic heterocycles. The molecule has 0 aromatic carbocycles. The van der Waals surface area contributed by atoms with Gasteiger partial charge in [-0.2, -0.15) is 0 Å². The fraction of sp³-hybridized carbons (Fsp3) is 0.708. The molecule has 26 heavy (non-hydrogen) atoms. The van der Waals surface area contributed by atoms with Crippen LogP contribution >= 0.6 is 0 Å². The van der Waals surface area contributed by atoms with Crippen molar-refractivity contribution < 1.29 is 9.90 Å². The van der Waals surface area contributed by atoms with E-state index in [0.29, 0.717) is 23.7 Å². The topological polar surface area (TPSA) is 37.3 Å². The maximum absolute atomic E-state index is 11.0. The average molecular weight is 355 g/mol. The van der Waals surface area contributed by atoms with Crippen molar-refractivity contribution in [2.75, 3.05) is 0 Å². The van der Waals surface area contributed by atoms with Gasteiger partial charge in [0.05, 0.1) is 0 Å². The number of allylic oxidation sites excluding steroid dienone is 6. The Morgan fingerprint density at radius 2 is 2.08 bits per heavy atom. The zero-order valence-electron chi connectivity index (χ0n) is 16.6. The van der Waals surface area contributed by atoms with Gasteiger partial charge in [-0.1, -0.05) is 49.3 Å². The largest absolute Gasteiger partial charge is 0.481 e. The molecule has 0 aromatic rings. The minimum atomic E-state index is -0.647. The second-order valence-electron chi connectivity index (χ2n) is 9.78. The number of carbonyl (C=O) groups is 1. The molecule has 6 atom stereocenters. The number of hydrogen-bond acceptors (Lipinski definition) is 1. The molecule has 0 aromatic heterocycles. The predicted molar refractivity (Wildman–Crippen MR) is 106 cm³/mol. The summed E-state index contributed by atoms with van der Waals surface area (Å²) in [4.78, 5) is 11.0. The first-order chi connectivity index (χ1) is 12.4. The lowest BCUT2D eigenvalue weighted by Gasteiger charge is -2.53. The Balaban J connectivity index is 1.60. The molecule has 142 valence electrons. The van der Waals surface area contributed by atoms with Crippen molar-refractivity contribution >= 4 is 5.97 Å². The van der Waals surface area contributed by atoms with E-state index >= 15 is 0 Å². The molecular formula is C24H34O2. The van der Waals surface area contributed by atoms with Crippen LogP contribution < -0.4 is 0 Å². The number of carboxylic acid groups (broad SMARTS) is 1. The SMILES string of the molecule is C[C@H](CCC(=O)O)[C@H]1CC[C@H]2[C@@H]3CCC4=CCC=C[C@]4(C)C3=CC[C@]12C. The van der Waals surface area contributed by atoms with Crippen LogP contribution in [0.25, 0.3) is 0 Å². The van der Waals surface area contributed by atoms with E-state index in [2.05, 4.69) is 45.1 Å². The third kappa shape index (κ3) is 2.63. The highest BCUT2D eigenvalue weighted by atomic mass is 16.4. The van der Waals surface area contributed by atoms with Crippen molar-refractivity contribution in [2.45, 2.75) is 72.1 Å². The molecule has 0 saturated heterocycles. The molecule has 0 unspecified atom stereocenters. The van der Waals surface area contributed by atoms with Gasteiger partial charge in [-0.3, -0.25) is 4.79 Å².